The molecule has 0 aliphatic carbocycles. The molecule has 1 aromatic heterocycles. The molecule has 0 unspecified atom stereocenters. The Morgan fingerprint density at radius 3 is 2.45 bits per heavy atom. The van der Waals surface area contributed by atoms with E-state index in [1.165, 1.54) is 47.4 Å². The highest BCUT2D eigenvalue weighted by Gasteiger charge is 2.28. The quantitative estimate of drug-likeness (QED) is 0.624. The Labute approximate surface area is 177 Å². The van der Waals surface area contributed by atoms with Crippen molar-refractivity contribution in [3.63, 3.8) is 0 Å². The molecule has 0 spiro atoms. The highest BCUT2D eigenvalue weighted by atomic mass is 32.1. The first-order valence-electron chi connectivity index (χ1n) is 10.7. The maximum absolute atomic E-state index is 5.39. The summed E-state index contributed by atoms with van der Waals surface area (Å²) in [5.41, 5.74) is 2.72. The molecule has 152 valence electrons. The molecule has 0 amide bonds. The van der Waals surface area contributed by atoms with E-state index in [1.54, 1.807) is 7.11 Å². The first-order chi connectivity index (χ1) is 14.3. The van der Waals surface area contributed by atoms with Gasteiger partial charge in [0.25, 0.3) is 0 Å². The van der Waals surface area contributed by atoms with Gasteiger partial charge in [0.2, 0.25) is 0 Å². The molecule has 5 rings (SSSR count). The molecule has 2 fully saturated rings. The van der Waals surface area contributed by atoms with Crippen LogP contribution in [-0.4, -0.2) is 57.3 Å². The van der Waals surface area contributed by atoms with E-state index >= 15 is 0 Å². The Bertz CT molecular complexity index is 955. The van der Waals surface area contributed by atoms with Crippen molar-refractivity contribution in [3.8, 4) is 5.75 Å². The van der Waals surface area contributed by atoms with Crippen LogP contribution in [0.4, 0.5) is 11.4 Å². The number of piperazine rings is 1. The number of hydrogen-bond donors (Lipinski definition) is 0. The lowest BCUT2D eigenvalue weighted by Crippen LogP contribution is -2.53. The van der Waals surface area contributed by atoms with Crippen molar-refractivity contribution < 1.29 is 4.74 Å². The third-order valence-corrected chi connectivity index (χ3v) is 7.47. The number of ether oxygens (including phenoxy) is 1. The van der Waals surface area contributed by atoms with Crippen LogP contribution in [0, 0.1) is 0 Å². The van der Waals surface area contributed by atoms with Crippen LogP contribution in [0.1, 0.15) is 12.8 Å². The normalized spacial score (nSPS) is 19.1. The molecule has 0 radical (unpaired) electrons. The van der Waals surface area contributed by atoms with Crippen molar-refractivity contribution in [2.75, 3.05) is 56.2 Å². The van der Waals surface area contributed by atoms with E-state index in [-0.39, 0.29) is 0 Å². The van der Waals surface area contributed by atoms with Crippen molar-refractivity contribution in [2.24, 2.45) is 0 Å². The fourth-order valence-corrected chi connectivity index (χ4v) is 5.80. The van der Waals surface area contributed by atoms with Crippen molar-refractivity contribution in [1.82, 2.24) is 4.90 Å². The number of thiophene rings is 1. The van der Waals surface area contributed by atoms with Gasteiger partial charge in [0, 0.05) is 72.5 Å². The fraction of sp³-hybridized carbons (Fsp3) is 0.417. The van der Waals surface area contributed by atoms with Gasteiger partial charge in [-0.15, -0.1) is 11.3 Å². The number of nitrogens with zero attached hydrogens (tertiary/aromatic N) is 3. The smallest absolute Gasteiger partial charge is 0.120 e. The van der Waals surface area contributed by atoms with Crippen LogP contribution in [0.2, 0.25) is 0 Å². The summed E-state index contributed by atoms with van der Waals surface area (Å²) in [4.78, 5) is 7.81. The fourth-order valence-electron chi connectivity index (χ4n) is 4.83. The monoisotopic (exact) mass is 407 g/mol. The van der Waals surface area contributed by atoms with Gasteiger partial charge in [-0.3, -0.25) is 4.90 Å². The average Bonchev–Trinajstić information content (AvgIpc) is 3.24. The molecule has 0 N–H and O–H groups in total. The van der Waals surface area contributed by atoms with Gasteiger partial charge >= 0.3 is 0 Å². The van der Waals surface area contributed by atoms with Crippen LogP contribution in [0.25, 0.3) is 10.1 Å². The lowest BCUT2D eigenvalue weighted by molar-refractivity contribution is 0.160. The summed E-state index contributed by atoms with van der Waals surface area (Å²) in [7, 11) is 1.74. The van der Waals surface area contributed by atoms with Gasteiger partial charge in [-0.05, 0) is 31.0 Å². The van der Waals surface area contributed by atoms with Crippen LogP contribution in [0.3, 0.4) is 0 Å². The molecule has 5 heteroatoms. The van der Waals surface area contributed by atoms with E-state index < -0.39 is 0 Å². The number of piperidine rings is 1. The van der Waals surface area contributed by atoms with Gasteiger partial charge < -0.3 is 14.5 Å². The second-order valence-electron chi connectivity index (χ2n) is 8.06. The molecule has 0 saturated carbocycles. The first-order valence-corrected chi connectivity index (χ1v) is 11.5. The second kappa shape index (κ2) is 8.25. The summed E-state index contributed by atoms with van der Waals surface area (Å²) < 4.78 is 6.79. The van der Waals surface area contributed by atoms with Crippen LogP contribution in [0.15, 0.2) is 53.9 Å². The number of rotatable bonds is 4. The largest absolute Gasteiger partial charge is 0.497 e. The first kappa shape index (κ1) is 18.8. The van der Waals surface area contributed by atoms with E-state index in [0.717, 1.165) is 38.0 Å². The van der Waals surface area contributed by atoms with E-state index in [0.29, 0.717) is 0 Å². The van der Waals surface area contributed by atoms with Gasteiger partial charge in [-0.2, -0.15) is 0 Å². The molecule has 2 aliphatic rings. The highest BCUT2D eigenvalue weighted by Crippen LogP contribution is 2.35. The highest BCUT2D eigenvalue weighted by molar-refractivity contribution is 7.17. The summed E-state index contributed by atoms with van der Waals surface area (Å²) in [5.74, 6) is 0.943. The number of fused-ring (bicyclic) bond motifs is 1. The number of hydrogen-bond acceptors (Lipinski definition) is 5. The zero-order valence-electron chi connectivity index (χ0n) is 17.1. The molecule has 4 nitrogen and oxygen atoms in total. The van der Waals surface area contributed by atoms with Gasteiger partial charge in [-0.25, -0.2) is 0 Å². The number of benzene rings is 2. The van der Waals surface area contributed by atoms with E-state index in [2.05, 4.69) is 62.5 Å². The zero-order valence-corrected chi connectivity index (χ0v) is 17.9. The lowest BCUT2D eigenvalue weighted by atomic mass is 10.0. The molecule has 3 heterocycles. The SMILES string of the molecule is COc1cccc(N2CCN(C3CCN(c4csc5ccccc45)CC3)CC2)c1. The zero-order chi connectivity index (χ0) is 19.6. The summed E-state index contributed by atoms with van der Waals surface area (Å²) in [6.07, 6.45) is 2.53. The van der Waals surface area contributed by atoms with Gasteiger partial charge in [0.1, 0.15) is 5.75 Å². The van der Waals surface area contributed by atoms with E-state index in [4.69, 9.17) is 4.74 Å². The molecule has 2 saturated heterocycles. The molecule has 3 aromatic rings. The Kier molecular flexibility index (Phi) is 5.34. The van der Waals surface area contributed by atoms with Crippen LogP contribution in [-0.2, 0) is 0 Å². The average molecular weight is 408 g/mol. The molecular weight excluding hydrogens is 378 g/mol. The molecule has 2 aliphatic heterocycles. The summed E-state index contributed by atoms with van der Waals surface area (Å²) in [5, 5.41) is 3.76. The lowest BCUT2D eigenvalue weighted by Gasteiger charge is -2.43. The van der Waals surface area contributed by atoms with Crippen molar-refractivity contribution in [2.45, 2.75) is 18.9 Å². The summed E-state index contributed by atoms with van der Waals surface area (Å²) in [6.45, 7) is 6.85. The van der Waals surface area contributed by atoms with Gasteiger partial charge in [-0.1, -0.05) is 24.3 Å². The standard InChI is InChI=1S/C24H29N3OS/c1-28-21-6-4-5-20(17-21)26-15-13-25(14-16-26)19-9-11-27(12-10-19)23-18-29-24-8-3-2-7-22(23)24/h2-8,17-19H,9-16H2,1H3. The van der Waals surface area contributed by atoms with Crippen LogP contribution < -0.4 is 14.5 Å². The minimum absolute atomic E-state index is 0.726. The summed E-state index contributed by atoms with van der Waals surface area (Å²) >= 11 is 1.87. The minimum Gasteiger partial charge on any atom is -0.497 e. The Hall–Kier alpha value is -2.24. The van der Waals surface area contributed by atoms with Gasteiger partial charge in [0.15, 0.2) is 0 Å². The maximum atomic E-state index is 5.39. The predicted octanol–water partition coefficient (Wildman–Crippen LogP) is 4.70. The Morgan fingerprint density at radius 1 is 0.862 bits per heavy atom. The van der Waals surface area contributed by atoms with Gasteiger partial charge in [0.05, 0.1) is 12.8 Å². The number of methoxy groups -OCH3 is 1. The third kappa shape index (κ3) is 3.81. The van der Waals surface area contributed by atoms with Crippen molar-refractivity contribution in [3.05, 3.63) is 53.9 Å². The third-order valence-electron chi connectivity index (χ3n) is 6.51. The van der Waals surface area contributed by atoms with E-state index in [1.807, 2.05) is 17.4 Å². The number of anilines is 2. The molecule has 29 heavy (non-hydrogen) atoms. The summed E-state index contributed by atoms with van der Waals surface area (Å²) in [6, 6.07) is 18.0. The predicted molar refractivity (Wildman–Crippen MR) is 124 cm³/mol. The molecular formula is C24H29N3OS. The van der Waals surface area contributed by atoms with Crippen molar-refractivity contribution in [1.29, 1.82) is 0 Å². The topological polar surface area (TPSA) is 19.0 Å². The Morgan fingerprint density at radius 2 is 1.66 bits per heavy atom. The molecule has 0 atom stereocenters. The Balaban J connectivity index is 1.17. The maximum Gasteiger partial charge on any atom is 0.120 e. The van der Waals surface area contributed by atoms with Crippen molar-refractivity contribution >= 4 is 32.8 Å². The molecule has 2 aromatic carbocycles. The van der Waals surface area contributed by atoms with Crippen LogP contribution >= 0.6 is 11.3 Å². The second-order valence-corrected chi connectivity index (χ2v) is 8.97. The molecule has 0 bridgehead atoms. The minimum atomic E-state index is 0.726. The van der Waals surface area contributed by atoms with Crippen LogP contribution in [0.5, 0.6) is 5.75 Å². The van der Waals surface area contributed by atoms with E-state index in [9.17, 15) is 0 Å².